The first-order valence-corrected chi connectivity index (χ1v) is 5.16. The molecule has 0 aromatic rings. The normalized spacial score (nSPS) is 19.1. The number of carbonyl (C=O) groups is 1. The molecule has 0 radical (unpaired) electrons. The topological polar surface area (TPSA) is 52.6 Å². The molecule has 14 heavy (non-hydrogen) atoms. The van der Waals surface area contributed by atoms with Crippen molar-refractivity contribution in [3.63, 3.8) is 0 Å². The highest BCUT2D eigenvalue weighted by molar-refractivity contribution is 5.76. The van der Waals surface area contributed by atoms with E-state index < -0.39 is 5.60 Å². The molecule has 0 aromatic carbocycles. The van der Waals surface area contributed by atoms with Gasteiger partial charge in [0.25, 0.3) is 0 Å². The number of hydrogen-bond donors (Lipinski definition) is 2. The third kappa shape index (κ3) is 3.64. The van der Waals surface area contributed by atoms with Gasteiger partial charge in [-0.15, -0.1) is 0 Å². The Labute approximate surface area is 85.3 Å². The van der Waals surface area contributed by atoms with E-state index >= 15 is 0 Å². The first-order valence-electron chi connectivity index (χ1n) is 5.16. The van der Waals surface area contributed by atoms with Gasteiger partial charge in [-0.3, -0.25) is 4.79 Å². The van der Waals surface area contributed by atoms with Gasteiger partial charge in [0.15, 0.2) is 0 Å². The van der Waals surface area contributed by atoms with E-state index in [1.807, 2.05) is 19.0 Å². The second kappa shape index (κ2) is 4.75. The minimum Gasteiger partial charge on any atom is -0.388 e. The Kier molecular flexibility index (Phi) is 3.89. The first-order chi connectivity index (χ1) is 6.52. The Balaban J connectivity index is 2.08. The standard InChI is InChI=1S/C10H20N2O2/c1-12(2)7-4-9(13)11-8-10(14)5-3-6-10/h14H,3-8H2,1-2H3,(H,11,13). The molecule has 0 atom stereocenters. The van der Waals surface area contributed by atoms with Crippen molar-refractivity contribution in [2.24, 2.45) is 0 Å². The van der Waals surface area contributed by atoms with Gasteiger partial charge in [0.2, 0.25) is 5.91 Å². The van der Waals surface area contributed by atoms with Gasteiger partial charge in [-0.2, -0.15) is 0 Å². The summed E-state index contributed by atoms with van der Waals surface area (Å²) < 4.78 is 0. The molecule has 0 spiro atoms. The van der Waals surface area contributed by atoms with Crippen molar-refractivity contribution in [1.82, 2.24) is 10.2 Å². The summed E-state index contributed by atoms with van der Waals surface area (Å²) in [5.41, 5.74) is -0.603. The van der Waals surface area contributed by atoms with E-state index in [1.54, 1.807) is 0 Å². The first kappa shape index (κ1) is 11.5. The summed E-state index contributed by atoms with van der Waals surface area (Å²) in [7, 11) is 3.87. The molecular formula is C10H20N2O2. The lowest BCUT2D eigenvalue weighted by molar-refractivity contribution is -0.123. The summed E-state index contributed by atoms with van der Waals surface area (Å²) in [4.78, 5) is 13.3. The lowest BCUT2D eigenvalue weighted by atomic mass is 9.80. The van der Waals surface area contributed by atoms with Crippen LogP contribution >= 0.6 is 0 Å². The lowest BCUT2D eigenvalue weighted by Gasteiger charge is -2.36. The molecule has 1 aliphatic rings. The van der Waals surface area contributed by atoms with Crippen LogP contribution in [0.25, 0.3) is 0 Å². The predicted octanol–water partition coefficient (Wildman–Crippen LogP) is -0.0307. The van der Waals surface area contributed by atoms with Gasteiger partial charge in [-0.05, 0) is 33.4 Å². The summed E-state index contributed by atoms with van der Waals surface area (Å²) in [6.07, 6.45) is 3.22. The van der Waals surface area contributed by atoms with E-state index in [4.69, 9.17) is 0 Å². The van der Waals surface area contributed by atoms with E-state index in [0.717, 1.165) is 25.8 Å². The van der Waals surface area contributed by atoms with Crippen LogP contribution in [0.5, 0.6) is 0 Å². The Hall–Kier alpha value is -0.610. The quantitative estimate of drug-likeness (QED) is 0.655. The van der Waals surface area contributed by atoms with Crippen LogP contribution in [0.2, 0.25) is 0 Å². The fourth-order valence-corrected chi connectivity index (χ4v) is 1.44. The summed E-state index contributed by atoms with van der Waals surface area (Å²) in [6.45, 7) is 1.17. The molecule has 0 unspecified atom stereocenters. The van der Waals surface area contributed by atoms with Gasteiger partial charge < -0.3 is 15.3 Å². The Morgan fingerprint density at radius 2 is 2.14 bits per heavy atom. The minimum absolute atomic E-state index is 0.0269. The molecule has 1 amide bonds. The van der Waals surface area contributed by atoms with Crippen molar-refractivity contribution >= 4 is 5.91 Å². The van der Waals surface area contributed by atoms with E-state index in [-0.39, 0.29) is 5.91 Å². The predicted molar refractivity (Wildman–Crippen MR) is 55.0 cm³/mol. The molecule has 1 rings (SSSR count). The molecule has 82 valence electrons. The number of hydrogen-bond acceptors (Lipinski definition) is 3. The number of rotatable bonds is 5. The average Bonchev–Trinajstić information content (AvgIpc) is 2.08. The van der Waals surface area contributed by atoms with Crippen LogP contribution in [-0.2, 0) is 4.79 Å². The number of aliphatic hydroxyl groups is 1. The van der Waals surface area contributed by atoms with Crippen molar-refractivity contribution in [2.75, 3.05) is 27.2 Å². The van der Waals surface area contributed by atoms with E-state index in [0.29, 0.717) is 13.0 Å². The summed E-state index contributed by atoms with van der Waals surface area (Å²) >= 11 is 0. The van der Waals surface area contributed by atoms with Crippen LogP contribution in [0.15, 0.2) is 0 Å². The molecule has 0 bridgehead atoms. The maximum atomic E-state index is 11.3. The van der Waals surface area contributed by atoms with Crippen LogP contribution in [-0.4, -0.2) is 48.7 Å². The second-order valence-electron chi connectivity index (χ2n) is 4.41. The highest BCUT2D eigenvalue weighted by atomic mass is 16.3. The number of amides is 1. The molecule has 0 heterocycles. The van der Waals surface area contributed by atoms with Crippen molar-refractivity contribution in [3.8, 4) is 0 Å². The molecule has 2 N–H and O–H groups in total. The molecule has 0 aromatic heterocycles. The Morgan fingerprint density at radius 1 is 1.50 bits per heavy atom. The van der Waals surface area contributed by atoms with Crippen LogP contribution < -0.4 is 5.32 Å². The maximum Gasteiger partial charge on any atom is 0.221 e. The maximum absolute atomic E-state index is 11.3. The Bertz CT molecular complexity index is 200. The van der Waals surface area contributed by atoms with Crippen molar-refractivity contribution in [1.29, 1.82) is 0 Å². The van der Waals surface area contributed by atoms with Gasteiger partial charge >= 0.3 is 0 Å². The van der Waals surface area contributed by atoms with Crippen molar-refractivity contribution in [3.05, 3.63) is 0 Å². The fourth-order valence-electron chi connectivity index (χ4n) is 1.44. The highest BCUT2D eigenvalue weighted by Gasteiger charge is 2.34. The molecule has 0 aliphatic heterocycles. The second-order valence-corrected chi connectivity index (χ2v) is 4.41. The van der Waals surface area contributed by atoms with Gasteiger partial charge in [0, 0.05) is 19.5 Å². The zero-order valence-electron chi connectivity index (χ0n) is 9.05. The monoisotopic (exact) mass is 200 g/mol. The highest BCUT2D eigenvalue weighted by Crippen LogP contribution is 2.30. The summed E-state index contributed by atoms with van der Waals surface area (Å²) in [5, 5.41) is 12.5. The van der Waals surface area contributed by atoms with E-state index in [2.05, 4.69) is 5.32 Å². The molecule has 4 nitrogen and oxygen atoms in total. The van der Waals surface area contributed by atoms with Crippen LogP contribution in [0.1, 0.15) is 25.7 Å². The number of nitrogens with one attached hydrogen (secondary N) is 1. The third-order valence-electron chi connectivity index (χ3n) is 2.68. The SMILES string of the molecule is CN(C)CCC(=O)NCC1(O)CCC1. The van der Waals surface area contributed by atoms with Crippen molar-refractivity contribution in [2.45, 2.75) is 31.3 Å². The molecule has 1 saturated carbocycles. The summed E-state index contributed by atoms with van der Waals surface area (Å²) in [5.74, 6) is 0.0269. The minimum atomic E-state index is -0.603. The fraction of sp³-hybridized carbons (Fsp3) is 0.900. The van der Waals surface area contributed by atoms with Crippen LogP contribution in [0, 0.1) is 0 Å². The average molecular weight is 200 g/mol. The van der Waals surface area contributed by atoms with Crippen LogP contribution in [0.4, 0.5) is 0 Å². The zero-order valence-corrected chi connectivity index (χ0v) is 9.05. The molecular weight excluding hydrogens is 180 g/mol. The zero-order chi connectivity index (χ0) is 10.6. The third-order valence-corrected chi connectivity index (χ3v) is 2.68. The Morgan fingerprint density at radius 3 is 2.57 bits per heavy atom. The molecule has 0 saturated heterocycles. The van der Waals surface area contributed by atoms with Crippen molar-refractivity contribution < 1.29 is 9.90 Å². The van der Waals surface area contributed by atoms with Gasteiger partial charge in [-0.25, -0.2) is 0 Å². The van der Waals surface area contributed by atoms with E-state index in [1.165, 1.54) is 0 Å². The largest absolute Gasteiger partial charge is 0.388 e. The van der Waals surface area contributed by atoms with E-state index in [9.17, 15) is 9.90 Å². The number of carbonyl (C=O) groups excluding carboxylic acids is 1. The van der Waals surface area contributed by atoms with Gasteiger partial charge in [0.1, 0.15) is 0 Å². The summed E-state index contributed by atoms with van der Waals surface area (Å²) in [6, 6.07) is 0. The van der Waals surface area contributed by atoms with Crippen LogP contribution in [0.3, 0.4) is 0 Å². The molecule has 1 fully saturated rings. The molecule has 1 aliphatic carbocycles. The van der Waals surface area contributed by atoms with Gasteiger partial charge in [0.05, 0.1) is 5.60 Å². The smallest absolute Gasteiger partial charge is 0.221 e. The lowest BCUT2D eigenvalue weighted by Crippen LogP contribution is -2.48. The number of nitrogens with zero attached hydrogens (tertiary/aromatic N) is 1. The van der Waals surface area contributed by atoms with Gasteiger partial charge in [-0.1, -0.05) is 0 Å². The molecule has 4 heteroatoms.